The summed E-state index contributed by atoms with van der Waals surface area (Å²) in [4.78, 5) is 0.723. The molecule has 0 atom stereocenters. The lowest BCUT2D eigenvalue weighted by Crippen LogP contribution is -2.32. The minimum Gasteiger partial charge on any atom is -0.306 e. The fraction of sp³-hybridized carbons (Fsp3) is 0.182. The van der Waals surface area contributed by atoms with Gasteiger partial charge in [-0.1, -0.05) is 34.2 Å². The van der Waals surface area contributed by atoms with Gasteiger partial charge in [-0.3, -0.25) is 4.57 Å². The molecule has 104 valence electrons. The summed E-state index contributed by atoms with van der Waals surface area (Å²) in [6.07, 6.45) is 0. The normalized spacial score (nSPS) is 12.1. The third-order valence-corrected chi connectivity index (χ3v) is 5.74. The average Bonchev–Trinajstić information content (AvgIpc) is 3.09. The number of aromatic nitrogens is 4. The first-order valence-corrected chi connectivity index (χ1v) is 8.14. The fourth-order valence-corrected chi connectivity index (χ4v) is 4.24. The number of nitrogens with zero attached hydrogens (tertiary/aromatic N) is 4. The van der Waals surface area contributed by atoms with E-state index in [0.29, 0.717) is 5.44 Å². The van der Waals surface area contributed by atoms with Crippen LogP contribution in [0.25, 0.3) is 10.6 Å². The predicted molar refractivity (Wildman–Crippen MR) is 73.7 cm³/mol. The standard InChI is InChI=1S/C11H12N4O3PS/c1-17-19(16,18-2)10-8-20-11-14(12-13-15(10)11)9-6-4-3-5-7-9/h3-8H,1-2H3/q+1. The van der Waals surface area contributed by atoms with Crippen LogP contribution in [0.4, 0.5) is 0 Å². The van der Waals surface area contributed by atoms with Gasteiger partial charge >= 0.3 is 12.6 Å². The zero-order chi connectivity index (χ0) is 14.2. The molecule has 0 N–H and O–H groups in total. The highest BCUT2D eigenvalue weighted by atomic mass is 32.1. The maximum absolute atomic E-state index is 12.4. The molecule has 0 aliphatic heterocycles. The highest BCUT2D eigenvalue weighted by molar-refractivity contribution is 7.62. The van der Waals surface area contributed by atoms with E-state index in [0.717, 1.165) is 10.6 Å². The van der Waals surface area contributed by atoms with Crippen LogP contribution in [0.5, 0.6) is 0 Å². The molecule has 3 rings (SSSR count). The minimum atomic E-state index is -3.35. The molecular formula is C11H12N4O3PS+. The van der Waals surface area contributed by atoms with Gasteiger partial charge in [-0.15, -0.1) is 0 Å². The minimum absolute atomic E-state index is 0.365. The molecule has 2 heterocycles. The molecule has 0 unspecified atom stereocenters. The summed E-state index contributed by atoms with van der Waals surface area (Å²) in [5.41, 5.74) is 1.24. The second-order valence-electron chi connectivity index (χ2n) is 3.88. The van der Waals surface area contributed by atoms with Crippen molar-refractivity contribution < 1.29 is 18.3 Å². The van der Waals surface area contributed by atoms with Gasteiger partial charge in [-0.05, 0) is 16.6 Å². The number of rotatable bonds is 4. The van der Waals surface area contributed by atoms with Crippen LogP contribution in [0.15, 0.2) is 35.7 Å². The first-order valence-electron chi connectivity index (χ1n) is 5.72. The lowest BCUT2D eigenvalue weighted by Gasteiger charge is -2.08. The Balaban J connectivity index is 2.18. The number of para-hydroxylation sites is 1. The van der Waals surface area contributed by atoms with Gasteiger partial charge in [-0.25, -0.2) is 0 Å². The number of thiazole rings is 1. The third kappa shape index (κ3) is 1.97. The maximum atomic E-state index is 12.4. The molecule has 0 fully saturated rings. The maximum Gasteiger partial charge on any atom is 0.396 e. The van der Waals surface area contributed by atoms with Crippen LogP contribution >= 0.6 is 18.9 Å². The van der Waals surface area contributed by atoms with Crippen LogP contribution in [0.2, 0.25) is 0 Å². The molecule has 0 aliphatic rings. The molecule has 0 radical (unpaired) electrons. The Morgan fingerprint density at radius 3 is 2.60 bits per heavy atom. The topological polar surface area (TPSA) is 69.6 Å². The molecule has 1 aromatic carbocycles. The highest BCUT2D eigenvalue weighted by Crippen LogP contribution is 2.45. The van der Waals surface area contributed by atoms with E-state index in [-0.39, 0.29) is 0 Å². The predicted octanol–water partition coefficient (Wildman–Crippen LogP) is 1.18. The number of benzene rings is 1. The van der Waals surface area contributed by atoms with E-state index in [1.165, 1.54) is 30.1 Å². The van der Waals surface area contributed by atoms with Crippen molar-refractivity contribution in [1.29, 1.82) is 0 Å². The summed E-state index contributed by atoms with van der Waals surface area (Å²) >= 11 is 1.37. The molecule has 0 saturated carbocycles. The van der Waals surface area contributed by atoms with Gasteiger partial charge in [0.05, 0.1) is 0 Å². The van der Waals surface area contributed by atoms with Crippen molar-refractivity contribution >= 4 is 29.3 Å². The Morgan fingerprint density at radius 2 is 1.95 bits per heavy atom. The lowest BCUT2D eigenvalue weighted by molar-refractivity contribution is -0.633. The van der Waals surface area contributed by atoms with E-state index in [4.69, 9.17) is 9.05 Å². The monoisotopic (exact) mass is 311 g/mol. The van der Waals surface area contributed by atoms with E-state index in [1.807, 2.05) is 30.3 Å². The van der Waals surface area contributed by atoms with Crippen LogP contribution in [-0.2, 0) is 13.6 Å². The number of hydrogen-bond acceptors (Lipinski definition) is 6. The number of tetrazole rings is 1. The van der Waals surface area contributed by atoms with Gasteiger partial charge in [0.15, 0.2) is 5.21 Å². The first kappa shape index (κ1) is 13.4. The van der Waals surface area contributed by atoms with Crippen molar-refractivity contribution in [1.82, 2.24) is 14.9 Å². The van der Waals surface area contributed by atoms with Gasteiger partial charge in [0.25, 0.3) is 0 Å². The molecule has 0 saturated heterocycles. The number of hydrogen-bond donors (Lipinski definition) is 0. The first-order chi connectivity index (χ1) is 9.69. The van der Waals surface area contributed by atoms with Crippen LogP contribution in [-0.4, -0.2) is 29.2 Å². The SMILES string of the molecule is COP(=O)(OC)c1csc2n1nn[n+]2-c1ccccc1. The van der Waals surface area contributed by atoms with Crippen molar-refractivity contribution in [3.63, 3.8) is 0 Å². The lowest BCUT2D eigenvalue weighted by atomic mass is 10.3. The van der Waals surface area contributed by atoms with Gasteiger partial charge < -0.3 is 9.05 Å². The van der Waals surface area contributed by atoms with Gasteiger partial charge in [0.1, 0.15) is 10.9 Å². The molecule has 0 bridgehead atoms. The fourth-order valence-electron chi connectivity index (χ4n) is 1.82. The molecule has 0 amide bonds. The van der Waals surface area contributed by atoms with Crippen molar-refractivity contribution in [2.24, 2.45) is 0 Å². The second-order valence-corrected chi connectivity index (χ2v) is 6.90. The Labute approximate surface area is 118 Å². The summed E-state index contributed by atoms with van der Waals surface area (Å²) in [6.45, 7) is 0. The van der Waals surface area contributed by atoms with E-state index >= 15 is 0 Å². The van der Waals surface area contributed by atoms with Gasteiger partial charge in [0, 0.05) is 19.6 Å². The summed E-state index contributed by atoms with van der Waals surface area (Å²) in [5.74, 6) is 0. The highest BCUT2D eigenvalue weighted by Gasteiger charge is 2.36. The van der Waals surface area contributed by atoms with Crippen LogP contribution < -0.4 is 10.1 Å². The van der Waals surface area contributed by atoms with Gasteiger partial charge in [-0.2, -0.15) is 0 Å². The molecule has 2 aromatic heterocycles. The smallest absolute Gasteiger partial charge is 0.306 e. The summed E-state index contributed by atoms with van der Waals surface area (Å²) < 4.78 is 25.6. The molecule has 0 aliphatic carbocycles. The molecule has 3 aromatic rings. The van der Waals surface area contributed by atoms with Gasteiger partial charge in [0.2, 0.25) is 5.44 Å². The Kier molecular flexibility index (Phi) is 3.39. The van der Waals surface area contributed by atoms with E-state index in [9.17, 15) is 4.57 Å². The molecule has 0 spiro atoms. The number of fused-ring (bicyclic) bond motifs is 1. The Morgan fingerprint density at radius 1 is 1.25 bits per heavy atom. The zero-order valence-electron chi connectivity index (χ0n) is 10.8. The molecular weight excluding hydrogens is 299 g/mol. The van der Waals surface area contributed by atoms with E-state index < -0.39 is 7.60 Å². The van der Waals surface area contributed by atoms with Crippen molar-refractivity contribution in [3.05, 3.63) is 35.7 Å². The Hall–Kier alpha value is -1.60. The van der Waals surface area contributed by atoms with E-state index in [2.05, 4.69) is 10.4 Å². The summed E-state index contributed by atoms with van der Waals surface area (Å²) in [7, 11) is -0.666. The second kappa shape index (κ2) is 5.06. The molecule has 9 heteroatoms. The molecule has 20 heavy (non-hydrogen) atoms. The van der Waals surface area contributed by atoms with Crippen molar-refractivity contribution in [2.75, 3.05) is 14.2 Å². The molecule has 7 nitrogen and oxygen atoms in total. The Bertz CT molecular complexity index is 777. The zero-order valence-corrected chi connectivity index (χ0v) is 12.5. The third-order valence-electron chi connectivity index (χ3n) is 2.83. The summed E-state index contributed by atoms with van der Waals surface area (Å²) in [6, 6.07) is 9.59. The largest absolute Gasteiger partial charge is 0.396 e. The van der Waals surface area contributed by atoms with Crippen LogP contribution in [0.1, 0.15) is 0 Å². The van der Waals surface area contributed by atoms with E-state index in [1.54, 1.807) is 10.1 Å². The van der Waals surface area contributed by atoms with Crippen molar-refractivity contribution in [3.8, 4) is 5.69 Å². The summed E-state index contributed by atoms with van der Waals surface area (Å²) in [5, 5.41) is 9.81. The van der Waals surface area contributed by atoms with Crippen molar-refractivity contribution in [2.45, 2.75) is 0 Å². The van der Waals surface area contributed by atoms with Crippen LogP contribution in [0.3, 0.4) is 0 Å². The average molecular weight is 311 g/mol. The quantitative estimate of drug-likeness (QED) is 0.534. The van der Waals surface area contributed by atoms with Crippen LogP contribution in [0, 0.1) is 0 Å².